The van der Waals surface area contributed by atoms with Gasteiger partial charge in [0.05, 0.1) is 16.2 Å². The summed E-state index contributed by atoms with van der Waals surface area (Å²) in [6.07, 6.45) is 6.66. The zero-order valence-corrected chi connectivity index (χ0v) is 19.2. The molecule has 0 aliphatic heterocycles. The number of amides is 1. The first kappa shape index (κ1) is 21.4. The Morgan fingerprint density at radius 2 is 2.07 bits per heavy atom. The highest BCUT2D eigenvalue weighted by molar-refractivity contribution is 9.10. The summed E-state index contributed by atoms with van der Waals surface area (Å²) in [4.78, 5) is 32.6. The average molecular weight is 466 g/mol. The van der Waals surface area contributed by atoms with E-state index in [1.165, 1.54) is 31.0 Å². The molecule has 1 amide bonds. The third-order valence-corrected chi connectivity index (χ3v) is 7.00. The van der Waals surface area contributed by atoms with Crippen molar-refractivity contribution in [1.29, 1.82) is 0 Å². The predicted octanol–water partition coefficient (Wildman–Crippen LogP) is 4.84. The van der Waals surface area contributed by atoms with Gasteiger partial charge in [-0.3, -0.25) is 14.2 Å². The normalized spacial score (nSPS) is 16.3. The highest BCUT2D eigenvalue weighted by Gasteiger charge is 2.27. The Balaban J connectivity index is 1.87. The van der Waals surface area contributed by atoms with Gasteiger partial charge in [0.25, 0.3) is 5.56 Å². The molecule has 1 aromatic heterocycles. The molecule has 7 heteroatoms. The number of aromatic nitrogens is 2. The summed E-state index contributed by atoms with van der Waals surface area (Å²) in [5, 5.41) is 0.944. The minimum Gasteiger partial charge on any atom is -0.342 e. The number of carbonyl (C=O) groups excluding carboxylic acids is 1. The number of nitrogens with zero attached hydrogens (tertiary/aromatic N) is 3. The molecule has 1 aliphatic rings. The highest BCUT2D eigenvalue weighted by atomic mass is 79.9. The molecule has 1 aliphatic carbocycles. The number of thioether (sulfide) groups is 1. The van der Waals surface area contributed by atoms with Crippen LogP contribution in [0.1, 0.15) is 52.4 Å². The zero-order valence-electron chi connectivity index (χ0n) is 16.8. The van der Waals surface area contributed by atoms with Gasteiger partial charge in [-0.1, -0.05) is 53.9 Å². The van der Waals surface area contributed by atoms with E-state index in [9.17, 15) is 9.59 Å². The summed E-state index contributed by atoms with van der Waals surface area (Å²) in [5.74, 6) is 0.116. The van der Waals surface area contributed by atoms with Crippen molar-refractivity contribution in [3.63, 3.8) is 0 Å². The molecule has 0 bridgehead atoms. The molecular formula is C21H28BrN3O2S. The van der Waals surface area contributed by atoms with Crippen LogP contribution in [-0.2, 0) is 11.3 Å². The fourth-order valence-corrected chi connectivity index (χ4v) is 5.22. The lowest BCUT2D eigenvalue weighted by Crippen LogP contribution is -2.42. The van der Waals surface area contributed by atoms with Crippen LogP contribution in [-0.4, -0.2) is 38.7 Å². The van der Waals surface area contributed by atoms with Crippen LogP contribution in [0.2, 0.25) is 0 Å². The molecule has 1 aromatic carbocycles. The van der Waals surface area contributed by atoms with E-state index in [4.69, 9.17) is 4.98 Å². The molecule has 3 rings (SSSR count). The lowest BCUT2D eigenvalue weighted by Gasteiger charge is -2.32. The van der Waals surface area contributed by atoms with Gasteiger partial charge < -0.3 is 4.90 Å². The number of rotatable bonds is 6. The number of hydrogen-bond acceptors (Lipinski definition) is 4. The molecule has 152 valence electrons. The summed E-state index contributed by atoms with van der Waals surface area (Å²) in [6, 6.07) is 5.89. The summed E-state index contributed by atoms with van der Waals surface area (Å²) in [5.41, 5.74) is 0.624. The van der Waals surface area contributed by atoms with Gasteiger partial charge >= 0.3 is 0 Å². The van der Waals surface area contributed by atoms with E-state index in [0.717, 1.165) is 23.7 Å². The largest absolute Gasteiger partial charge is 0.342 e. The molecule has 0 spiro atoms. The fraction of sp³-hybridized carbons (Fsp3) is 0.571. The smallest absolute Gasteiger partial charge is 0.262 e. The second kappa shape index (κ2) is 9.44. The third kappa shape index (κ3) is 4.62. The Labute approximate surface area is 179 Å². The number of carbonyl (C=O) groups is 1. The summed E-state index contributed by atoms with van der Waals surface area (Å²) in [6.45, 7) is 4.55. The van der Waals surface area contributed by atoms with Gasteiger partial charge in [0.15, 0.2) is 5.16 Å². The number of benzene rings is 1. The zero-order chi connectivity index (χ0) is 20.3. The van der Waals surface area contributed by atoms with Crippen LogP contribution in [0.3, 0.4) is 0 Å². The maximum absolute atomic E-state index is 13.0. The van der Waals surface area contributed by atoms with Gasteiger partial charge in [0.2, 0.25) is 5.91 Å². The van der Waals surface area contributed by atoms with Crippen LogP contribution < -0.4 is 5.56 Å². The predicted molar refractivity (Wildman–Crippen MR) is 119 cm³/mol. The molecule has 5 nitrogen and oxygen atoms in total. The van der Waals surface area contributed by atoms with E-state index in [2.05, 4.69) is 15.9 Å². The molecule has 1 fully saturated rings. The van der Waals surface area contributed by atoms with Crippen molar-refractivity contribution in [3.05, 3.63) is 33.0 Å². The number of hydrogen-bond donors (Lipinski definition) is 0. The molecule has 1 saturated carbocycles. The van der Waals surface area contributed by atoms with Crippen molar-refractivity contribution in [2.24, 2.45) is 0 Å². The first-order chi connectivity index (χ1) is 13.4. The molecule has 28 heavy (non-hydrogen) atoms. The minimum atomic E-state index is -0.283. The maximum Gasteiger partial charge on any atom is 0.262 e. The van der Waals surface area contributed by atoms with E-state index in [1.54, 1.807) is 4.57 Å². The molecule has 1 atom stereocenters. The lowest BCUT2D eigenvalue weighted by molar-refractivity contribution is -0.131. The Kier molecular flexibility index (Phi) is 7.20. The standard InChI is InChI=1S/C21H28BrN3O2S/c1-4-12-25-20(27)17-13-15(22)10-11-18(17)23-21(25)28-14(2)19(26)24(3)16-8-6-5-7-9-16/h10-11,13-14,16H,4-9,12H2,1-3H3. The van der Waals surface area contributed by atoms with Gasteiger partial charge in [0, 0.05) is 24.1 Å². The molecule has 1 unspecified atom stereocenters. The first-order valence-corrected chi connectivity index (χ1v) is 11.7. The van der Waals surface area contributed by atoms with Crippen LogP contribution in [0.4, 0.5) is 0 Å². The summed E-state index contributed by atoms with van der Waals surface area (Å²) in [7, 11) is 1.92. The van der Waals surface area contributed by atoms with Crippen molar-refractivity contribution in [1.82, 2.24) is 14.5 Å². The van der Waals surface area contributed by atoms with Gasteiger partial charge in [-0.15, -0.1) is 0 Å². The van der Waals surface area contributed by atoms with Crippen molar-refractivity contribution in [3.8, 4) is 0 Å². The monoisotopic (exact) mass is 465 g/mol. The quantitative estimate of drug-likeness (QED) is 0.452. The Hall–Kier alpha value is -1.34. The SMILES string of the molecule is CCCn1c(SC(C)C(=O)N(C)C2CCCCC2)nc2ccc(Br)cc2c1=O. The van der Waals surface area contributed by atoms with Gasteiger partial charge in [-0.05, 0) is 44.4 Å². The Morgan fingerprint density at radius 3 is 2.75 bits per heavy atom. The highest BCUT2D eigenvalue weighted by Crippen LogP contribution is 2.27. The van der Waals surface area contributed by atoms with E-state index in [1.807, 2.05) is 44.0 Å². The van der Waals surface area contributed by atoms with Crippen molar-refractivity contribution < 1.29 is 4.79 Å². The fourth-order valence-electron chi connectivity index (χ4n) is 3.83. The second-order valence-electron chi connectivity index (χ2n) is 7.51. The van der Waals surface area contributed by atoms with Crippen LogP contribution in [0.15, 0.2) is 32.6 Å². The van der Waals surface area contributed by atoms with Crippen molar-refractivity contribution >= 4 is 44.5 Å². The molecule has 0 N–H and O–H groups in total. The van der Waals surface area contributed by atoms with Crippen LogP contribution in [0.25, 0.3) is 10.9 Å². The van der Waals surface area contributed by atoms with Gasteiger partial charge in [0.1, 0.15) is 0 Å². The second-order valence-corrected chi connectivity index (χ2v) is 9.74. The maximum atomic E-state index is 13.0. The van der Waals surface area contributed by atoms with Gasteiger partial charge in [-0.25, -0.2) is 4.98 Å². The minimum absolute atomic E-state index is 0.0454. The molecule has 2 aromatic rings. The van der Waals surface area contributed by atoms with Crippen molar-refractivity contribution in [2.75, 3.05) is 7.05 Å². The van der Waals surface area contributed by atoms with E-state index in [-0.39, 0.29) is 16.7 Å². The molecule has 0 radical (unpaired) electrons. The molecule has 1 heterocycles. The Morgan fingerprint density at radius 1 is 1.36 bits per heavy atom. The van der Waals surface area contributed by atoms with Crippen LogP contribution in [0, 0.1) is 0 Å². The third-order valence-electron chi connectivity index (χ3n) is 5.43. The number of halogens is 1. The van der Waals surface area contributed by atoms with E-state index in [0.29, 0.717) is 28.6 Å². The average Bonchev–Trinajstić information content (AvgIpc) is 2.71. The van der Waals surface area contributed by atoms with Crippen LogP contribution in [0.5, 0.6) is 0 Å². The lowest BCUT2D eigenvalue weighted by atomic mass is 9.94. The molecular weight excluding hydrogens is 438 g/mol. The summed E-state index contributed by atoms with van der Waals surface area (Å²) < 4.78 is 2.57. The number of fused-ring (bicyclic) bond motifs is 1. The van der Waals surface area contributed by atoms with E-state index < -0.39 is 0 Å². The topological polar surface area (TPSA) is 55.2 Å². The summed E-state index contributed by atoms with van der Waals surface area (Å²) >= 11 is 4.82. The van der Waals surface area contributed by atoms with E-state index >= 15 is 0 Å². The first-order valence-electron chi connectivity index (χ1n) is 10.1. The van der Waals surface area contributed by atoms with Crippen molar-refractivity contribution in [2.45, 2.75) is 75.4 Å². The molecule has 0 saturated heterocycles. The van der Waals surface area contributed by atoms with Crippen LogP contribution >= 0.6 is 27.7 Å². The van der Waals surface area contributed by atoms with Gasteiger partial charge in [-0.2, -0.15) is 0 Å². The Bertz CT molecular complexity index is 908.